The zero-order chi connectivity index (χ0) is 36.6. The molecule has 0 bridgehead atoms. The fourth-order valence-corrected chi connectivity index (χ4v) is 8.88. The van der Waals surface area contributed by atoms with Crippen LogP contribution in [0.3, 0.4) is 0 Å². The highest BCUT2D eigenvalue weighted by Gasteiger charge is 2.22. The van der Waals surface area contributed by atoms with E-state index in [2.05, 4.69) is 165 Å². The lowest BCUT2D eigenvalue weighted by molar-refractivity contribution is 1.13. The first kappa shape index (κ1) is 30.7. The van der Waals surface area contributed by atoms with E-state index in [1.165, 1.54) is 21.5 Å². The van der Waals surface area contributed by atoms with Crippen LogP contribution in [0.25, 0.3) is 93.6 Å². The van der Waals surface area contributed by atoms with E-state index in [1.54, 1.807) is 0 Å². The Balaban J connectivity index is 1.22. The molecule has 0 saturated heterocycles. The molecule has 0 unspecified atom stereocenters. The molecule has 0 aliphatic heterocycles. The van der Waals surface area contributed by atoms with Gasteiger partial charge < -0.3 is 13.7 Å². The number of rotatable bonds is 4. The lowest BCUT2D eigenvalue weighted by Crippen LogP contribution is -2.03. The highest BCUT2D eigenvalue weighted by molar-refractivity contribution is 6.16. The minimum atomic E-state index is 0.553. The smallest absolute Gasteiger partial charge is 0.101 e. The van der Waals surface area contributed by atoms with E-state index in [4.69, 9.17) is 0 Å². The summed E-state index contributed by atoms with van der Waals surface area (Å²) in [5.74, 6) is 0. The van der Waals surface area contributed by atoms with Crippen molar-refractivity contribution >= 4 is 65.4 Å². The fraction of sp³-hybridized carbons (Fsp3) is 0. The summed E-state index contributed by atoms with van der Waals surface area (Å²) in [6, 6.07) is 66.0. The monoisotopic (exact) mass is 699 g/mol. The third-order valence-corrected chi connectivity index (χ3v) is 11.1. The first-order valence-corrected chi connectivity index (χ1v) is 18.3. The van der Waals surface area contributed by atoms with Gasteiger partial charge >= 0.3 is 0 Å². The molecule has 55 heavy (non-hydrogen) atoms. The predicted octanol–water partition coefficient (Wildman–Crippen LogP) is 12.4. The molecule has 0 aliphatic rings. The van der Waals surface area contributed by atoms with E-state index in [0.717, 1.165) is 72.1 Å². The number of para-hydroxylation sites is 6. The summed E-state index contributed by atoms with van der Waals surface area (Å²) in [4.78, 5) is 0. The van der Waals surface area contributed by atoms with Crippen LogP contribution in [-0.2, 0) is 0 Å². The maximum Gasteiger partial charge on any atom is 0.101 e. The van der Waals surface area contributed by atoms with Crippen molar-refractivity contribution < 1.29 is 0 Å². The Bertz CT molecular complexity index is 3420. The van der Waals surface area contributed by atoms with Crippen molar-refractivity contribution in [3.8, 4) is 40.3 Å². The van der Waals surface area contributed by atoms with Crippen LogP contribution in [-0.4, -0.2) is 13.7 Å². The average molecular weight is 700 g/mol. The highest BCUT2D eigenvalue weighted by atomic mass is 15.1. The predicted molar refractivity (Wildman–Crippen MR) is 224 cm³/mol. The number of nitriles is 2. The number of fused-ring (bicyclic) bond motifs is 9. The molecule has 11 aromatic rings. The van der Waals surface area contributed by atoms with Gasteiger partial charge in [0.25, 0.3) is 0 Å². The molecule has 0 aliphatic carbocycles. The zero-order valence-corrected chi connectivity index (χ0v) is 29.5. The molecule has 254 valence electrons. The molecule has 11 rings (SSSR count). The van der Waals surface area contributed by atoms with Crippen LogP contribution in [0.2, 0.25) is 0 Å². The Morgan fingerprint density at radius 1 is 0.345 bits per heavy atom. The first-order valence-electron chi connectivity index (χ1n) is 18.3. The Hall–Kier alpha value is -7.86. The van der Waals surface area contributed by atoms with Gasteiger partial charge in [-0.1, -0.05) is 115 Å². The van der Waals surface area contributed by atoms with Crippen LogP contribution in [0.5, 0.6) is 0 Å². The van der Waals surface area contributed by atoms with Gasteiger partial charge in [-0.25, -0.2) is 0 Å². The van der Waals surface area contributed by atoms with E-state index in [-0.39, 0.29) is 0 Å². The second-order valence-electron chi connectivity index (χ2n) is 13.9. The second kappa shape index (κ2) is 11.8. The molecule has 3 aromatic heterocycles. The van der Waals surface area contributed by atoms with Crippen LogP contribution in [0, 0.1) is 22.7 Å². The van der Waals surface area contributed by atoms with Crippen molar-refractivity contribution in [2.45, 2.75) is 0 Å². The summed E-state index contributed by atoms with van der Waals surface area (Å²) >= 11 is 0. The molecule has 8 aromatic carbocycles. The van der Waals surface area contributed by atoms with Gasteiger partial charge in [-0.3, -0.25) is 0 Å². The highest BCUT2D eigenvalue weighted by Crippen LogP contribution is 2.42. The number of hydrogen-bond donors (Lipinski definition) is 0. The SMILES string of the molecule is N#Cc1ccc(-c2ccccc2-n2c3ccccc3c3cccc(-n4c5ccccc5c5ccccc54)c32)cc1-n1c2ccccc2c2c(C#N)cccc21. The third kappa shape index (κ3) is 4.33. The Morgan fingerprint density at radius 2 is 0.836 bits per heavy atom. The topological polar surface area (TPSA) is 62.4 Å². The third-order valence-electron chi connectivity index (χ3n) is 11.1. The van der Waals surface area contributed by atoms with Crippen molar-refractivity contribution in [1.82, 2.24) is 13.7 Å². The first-order chi connectivity index (χ1) is 27.2. The zero-order valence-electron chi connectivity index (χ0n) is 29.5. The average Bonchev–Trinajstić information content (AvgIpc) is 3.89. The van der Waals surface area contributed by atoms with Crippen molar-refractivity contribution in [3.63, 3.8) is 0 Å². The maximum absolute atomic E-state index is 10.5. The van der Waals surface area contributed by atoms with Crippen LogP contribution < -0.4 is 0 Å². The quantitative estimate of drug-likeness (QED) is 0.184. The second-order valence-corrected chi connectivity index (χ2v) is 13.9. The lowest BCUT2D eigenvalue weighted by atomic mass is 10.00. The number of hydrogen-bond acceptors (Lipinski definition) is 2. The number of nitrogens with zero attached hydrogens (tertiary/aromatic N) is 5. The molecule has 5 heteroatoms. The van der Waals surface area contributed by atoms with Crippen molar-refractivity contribution in [1.29, 1.82) is 10.5 Å². The van der Waals surface area contributed by atoms with Gasteiger partial charge in [0.15, 0.2) is 0 Å². The standard InChI is InChI=1S/C50H29N5/c51-30-33-28-27-32(29-48(33)54-45-24-10-5-18-40(45)49-34(31-52)13-11-25-46(49)54)35-14-1-6-20-41(35)55-44-23-9-4-17-38(44)39-19-12-26-47(50(39)55)53-42-21-7-2-15-36(42)37-16-3-8-22-43(37)53/h1-29H. The Kier molecular flexibility index (Phi) is 6.61. The van der Waals surface area contributed by atoms with Gasteiger partial charge in [-0.2, -0.15) is 10.5 Å². The van der Waals surface area contributed by atoms with Crippen LogP contribution >= 0.6 is 0 Å². The molecular formula is C50H29N5. The van der Waals surface area contributed by atoms with E-state index < -0.39 is 0 Å². The van der Waals surface area contributed by atoms with Crippen molar-refractivity contribution in [2.75, 3.05) is 0 Å². The van der Waals surface area contributed by atoms with Gasteiger partial charge in [0.2, 0.25) is 0 Å². The summed E-state index contributed by atoms with van der Waals surface area (Å²) in [7, 11) is 0. The van der Waals surface area contributed by atoms with Crippen molar-refractivity contribution in [2.24, 2.45) is 0 Å². The van der Waals surface area contributed by atoms with Gasteiger partial charge in [0.1, 0.15) is 6.07 Å². The van der Waals surface area contributed by atoms with Crippen LogP contribution in [0.15, 0.2) is 176 Å². The minimum absolute atomic E-state index is 0.553. The van der Waals surface area contributed by atoms with E-state index >= 15 is 0 Å². The molecular weight excluding hydrogens is 671 g/mol. The Morgan fingerprint density at radius 3 is 1.53 bits per heavy atom. The molecule has 0 spiro atoms. The Labute approximate surface area is 316 Å². The van der Waals surface area contributed by atoms with E-state index in [9.17, 15) is 10.5 Å². The van der Waals surface area contributed by atoms with Crippen LogP contribution in [0.1, 0.15) is 11.1 Å². The fourth-order valence-electron chi connectivity index (χ4n) is 8.88. The summed E-state index contributed by atoms with van der Waals surface area (Å²) in [6.45, 7) is 0. The summed E-state index contributed by atoms with van der Waals surface area (Å²) in [5.41, 5.74) is 12.4. The maximum atomic E-state index is 10.5. The lowest BCUT2D eigenvalue weighted by Gasteiger charge is -2.18. The normalized spacial score (nSPS) is 11.6. The largest absolute Gasteiger partial charge is 0.308 e. The molecule has 0 N–H and O–H groups in total. The molecule has 0 saturated carbocycles. The minimum Gasteiger partial charge on any atom is -0.308 e. The van der Waals surface area contributed by atoms with Gasteiger partial charge in [0.05, 0.1) is 67.4 Å². The van der Waals surface area contributed by atoms with Crippen LogP contribution in [0.4, 0.5) is 0 Å². The van der Waals surface area contributed by atoms with E-state index in [1.807, 2.05) is 36.4 Å². The molecule has 0 fully saturated rings. The number of aromatic nitrogens is 3. The molecule has 5 nitrogen and oxygen atoms in total. The summed E-state index contributed by atoms with van der Waals surface area (Å²) < 4.78 is 6.95. The van der Waals surface area contributed by atoms with Crippen molar-refractivity contribution in [3.05, 3.63) is 187 Å². The molecule has 0 amide bonds. The number of benzene rings is 8. The van der Waals surface area contributed by atoms with Gasteiger partial charge in [0, 0.05) is 37.9 Å². The summed E-state index contributed by atoms with van der Waals surface area (Å²) in [6.07, 6.45) is 0. The molecule has 0 radical (unpaired) electrons. The van der Waals surface area contributed by atoms with E-state index in [0.29, 0.717) is 11.1 Å². The molecule has 0 atom stereocenters. The van der Waals surface area contributed by atoms with Gasteiger partial charge in [-0.05, 0) is 66.2 Å². The molecule has 3 heterocycles. The van der Waals surface area contributed by atoms with Gasteiger partial charge in [-0.15, -0.1) is 0 Å². The summed E-state index contributed by atoms with van der Waals surface area (Å²) in [5, 5.41) is 27.3.